The number of carbonyl (C=O) groups is 2. The van der Waals surface area contributed by atoms with E-state index >= 15 is 0 Å². The van der Waals surface area contributed by atoms with Gasteiger partial charge in [0, 0.05) is 49.5 Å². The normalized spacial score (nSPS) is 19.2. The van der Waals surface area contributed by atoms with Crippen LogP contribution < -0.4 is 15.1 Å². The van der Waals surface area contributed by atoms with Crippen molar-refractivity contribution in [1.29, 1.82) is 0 Å². The molecule has 11 heteroatoms. The third kappa shape index (κ3) is 6.19. The van der Waals surface area contributed by atoms with Crippen LogP contribution in [0.1, 0.15) is 58.6 Å². The van der Waals surface area contributed by atoms with Crippen LogP contribution in [-0.2, 0) is 5.41 Å². The smallest absolute Gasteiger partial charge is 0.354 e. The number of rotatable bonds is 6. The van der Waals surface area contributed by atoms with Crippen molar-refractivity contribution in [2.24, 2.45) is 0 Å². The number of pyridine rings is 3. The average molecular weight is 557 g/mol. The second-order valence-electron chi connectivity index (χ2n) is 10.9. The highest BCUT2D eigenvalue weighted by Gasteiger charge is 2.36. The molecule has 0 radical (unpaired) electrons. The molecule has 2 saturated heterocycles. The average Bonchev–Trinajstić information content (AvgIpc) is 3.63. The highest BCUT2D eigenvalue weighted by molar-refractivity contribution is 5.85. The first kappa shape index (κ1) is 28.2. The summed E-state index contributed by atoms with van der Waals surface area (Å²) in [6, 6.07) is 13.9. The van der Waals surface area contributed by atoms with E-state index in [0.29, 0.717) is 12.3 Å². The van der Waals surface area contributed by atoms with Gasteiger partial charge in [0.25, 0.3) is 0 Å². The first-order valence-corrected chi connectivity index (χ1v) is 13.9. The van der Waals surface area contributed by atoms with E-state index in [1.807, 2.05) is 44.6 Å². The highest BCUT2D eigenvalue weighted by Crippen LogP contribution is 2.35. The van der Waals surface area contributed by atoms with Gasteiger partial charge < -0.3 is 20.2 Å². The Hall–Kier alpha value is -4.38. The van der Waals surface area contributed by atoms with E-state index in [2.05, 4.69) is 54.2 Å². The van der Waals surface area contributed by atoms with Gasteiger partial charge in [-0.25, -0.2) is 19.3 Å². The van der Waals surface area contributed by atoms with E-state index in [1.54, 1.807) is 10.6 Å². The summed E-state index contributed by atoms with van der Waals surface area (Å²) in [5.41, 5.74) is 4.13. The van der Waals surface area contributed by atoms with Gasteiger partial charge in [0.05, 0.1) is 11.9 Å². The lowest BCUT2D eigenvalue weighted by molar-refractivity contribution is 0.0690. The quantitative estimate of drug-likeness (QED) is 0.341. The summed E-state index contributed by atoms with van der Waals surface area (Å²) in [7, 11) is 1.98. The summed E-state index contributed by atoms with van der Waals surface area (Å²) in [4.78, 5) is 39.2. The predicted molar refractivity (Wildman–Crippen MR) is 157 cm³/mol. The fraction of sp³-hybridized carbons (Fsp3) is 0.400. The van der Waals surface area contributed by atoms with Crippen LogP contribution >= 0.6 is 0 Å². The summed E-state index contributed by atoms with van der Waals surface area (Å²) < 4.78 is 1.70. The number of piperidine rings is 1. The molecule has 2 fully saturated rings. The van der Waals surface area contributed by atoms with Crippen molar-refractivity contribution in [1.82, 2.24) is 29.9 Å². The van der Waals surface area contributed by atoms with Crippen molar-refractivity contribution >= 4 is 29.4 Å². The SMILES string of the molecule is CNC1CCN(c2cccc(C(=O)O)n2)CC1.Cc1cc(N2CCC(C)(c3ccccn3)C2)cn2nc(C=O)nc12. The van der Waals surface area contributed by atoms with Gasteiger partial charge in [-0.15, -0.1) is 5.10 Å². The molecule has 0 aromatic carbocycles. The molecule has 1 unspecified atom stereocenters. The number of nitrogens with zero attached hydrogens (tertiary/aromatic N) is 7. The molecule has 0 spiro atoms. The molecular weight excluding hydrogens is 520 g/mol. The van der Waals surface area contributed by atoms with E-state index in [-0.39, 0.29) is 16.9 Å². The van der Waals surface area contributed by atoms with Crippen LogP contribution in [0, 0.1) is 6.92 Å². The second-order valence-corrected chi connectivity index (χ2v) is 10.9. The monoisotopic (exact) mass is 556 g/mol. The van der Waals surface area contributed by atoms with Crippen LogP contribution in [0.15, 0.2) is 54.9 Å². The van der Waals surface area contributed by atoms with Gasteiger partial charge in [0.2, 0.25) is 5.82 Å². The van der Waals surface area contributed by atoms with Crippen molar-refractivity contribution in [3.63, 3.8) is 0 Å². The Labute approximate surface area is 239 Å². The molecule has 1 atom stereocenters. The summed E-state index contributed by atoms with van der Waals surface area (Å²) in [5, 5.41) is 16.4. The first-order chi connectivity index (χ1) is 19.8. The Bertz CT molecular complexity index is 1520. The van der Waals surface area contributed by atoms with Gasteiger partial charge in [-0.1, -0.05) is 19.1 Å². The topological polar surface area (TPSA) is 129 Å². The molecule has 4 aromatic rings. The van der Waals surface area contributed by atoms with Crippen LogP contribution in [-0.4, -0.2) is 81.2 Å². The molecule has 4 aromatic heterocycles. The third-order valence-electron chi connectivity index (χ3n) is 8.03. The molecule has 41 heavy (non-hydrogen) atoms. The Morgan fingerprint density at radius 1 is 1.10 bits per heavy atom. The molecule has 2 aliphatic rings. The van der Waals surface area contributed by atoms with Crippen molar-refractivity contribution in [2.75, 3.05) is 43.0 Å². The molecule has 0 saturated carbocycles. The molecule has 11 nitrogen and oxygen atoms in total. The number of carbonyl (C=O) groups excluding carboxylic acids is 1. The van der Waals surface area contributed by atoms with Crippen molar-refractivity contribution in [3.8, 4) is 0 Å². The van der Waals surface area contributed by atoms with Gasteiger partial charge >= 0.3 is 5.97 Å². The van der Waals surface area contributed by atoms with Gasteiger partial charge in [0.15, 0.2) is 17.6 Å². The number of aldehydes is 1. The maximum absolute atomic E-state index is 10.9. The number of aryl methyl sites for hydroxylation is 1. The van der Waals surface area contributed by atoms with Crippen LogP contribution in [0.4, 0.5) is 11.5 Å². The number of aromatic carboxylic acids is 1. The molecule has 0 amide bonds. The molecule has 214 valence electrons. The van der Waals surface area contributed by atoms with E-state index < -0.39 is 5.97 Å². The molecule has 6 heterocycles. The zero-order chi connectivity index (χ0) is 29.0. The van der Waals surface area contributed by atoms with Crippen molar-refractivity contribution in [3.05, 3.63) is 77.6 Å². The molecular formula is C30H36N8O3. The number of carboxylic acid groups (broad SMARTS) is 1. The van der Waals surface area contributed by atoms with Gasteiger partial charge in [-0.05, 0) is 69.1 Å². The summed E-state index contributed by atoms with van der Waals surface area (Å²) in [6.45, 7) is 7.97. The third-order valence-corrected chi connectivity index (χ3v) is 8.03. The number of anilines is 2. The summed E-state index contributed by atoms with van der Waals surface area (Å²) in [5.74, 6) is 0.00593. The van der Waals surface area contributed by atoms with Crippen LogP contribution in [0.5, 0.6) is 0 Å². The Morgan fingerprint density at radius 3 is 2.59 bits per heavy atom. The maximum atomic E-state index is 10.9. The van der Waals surface area contributed by atoms with Gasteiger partial charge in [0.1, 0.15) is 5.82 Å². The highest BCUT2D eigenvalue weighted by atomic mass is 16.4. The predicted octanol–water partition coefficient (Wildman–Crippen LogP) is 3.38. The van der Waals surface area contributed by atoms with Crippen LogP contribution in [0.3, 0.4) is 0 Å². The lowest BCUT2D eigenvalue weighted by atomic mass is 9.85. The minimum atomic E-state index is -0.975. The standard InChI is InChI=1S/C18H19N5O.C12H17N3O2/c1-13-9-14(10-23-17(13)20-16(11-24)21-23)22-8-6-18(2,12-22)15-5-3-4-7-19-15;1-13-9-5-7-15(8-6-9)11-4-2-3-10(14-11)12(16)17/h3-5,7,9-11H,6,8,12H2,1-2H3;2-4,9,13H,5-8H2,1H3,(H,16,17). The van der Waals surface area contributed by atoms with Crippen molar-refractivity contribution < 1.29 is 14.7 Å². The molecule has 0 aliphatic carbocycles. The number of hydrogen-bond donors (Lipinski definition) is 2. The fourth-order valence-electron chi connectivity index (χ4n) is 5.60. The van der Waals surface area contributed by atoms with Crippen molar-refractivity contribution in [2.45, 2.75) is 44.6 Å². The van der Waals surface area contributed by atoms with Gasteiger partial charge in [-0.3, -0.25) is 9.78 Å². The number of fused-ring (bicyclic) bond motifs is 1. The van der Waals surface area contributed by atoms with Crippen LogP contribution in [0.25, 0.3) is 5.65 Å². The molecule has 2 aliphatic heterocycles. The van der Waals surface area contributed by atoms with E-state index in [1.165, 1.54) is 6.07 Å². The minimum absolute atomic E-state index is 0.0421. The van der Waals surface area contributed by atoms with Crippen LogP contribution in [0.2, 0.25) is 0 Å². The molecule has 6 rings (SSSR count). The van der Waals surface area contributed by atoms with Gasteiger partial charge in [-0.2, -0.15) is 0 Å². The Morgan fingerprint density at radius 2 is 1.90 bits per heavy atom. The Balaban J connectivity index is 0.000000175. The zero-order valence-electron chi connectivity index (χ0n) is 23.7. The van der Waals surface area contributed by atoms with E-state index in [0.717, 1.165) is 73.9 Å². The maximum Gasteiger partial charge on any atom is 0.354 e. The lowest BCUT2D eigenvalue weighted by Gasteiger charge is -2.32. The molecule has 2 N–H and O–H groups in total. The number of aromatic nitrogens is 5. The summed E-state index contributed by atoms with van der Waals surface area (Å²) in [6.07, 6.45) is 7.67. The Kier molecular flexibility index (Phi) is 8.25. The largest absolute Gasteiger partial charge is 0.477 e. The first-order valence-electron chi connectivity index (χ1n) is 13.9. The number of nitrogens with one attached hydrogen (secondary N) is 1. The lowest BCUT2D eigenvalue weighted by Crippen LogP contribution is -2.41. The fourth-order valence-corrected chi connectivity index (χ4v) is 5.60. The van der Waals surface area contributed by atoms with E-state index in [4.69, 9.17) is 5.11 Å². The number of hydrogen-bond acceptors (Lipinski definition) is 9. The molecule has 0 bridgehead atoms. The van der Waals surface area contributed by atoms with E-state index in [9.17, 15) is 9.59 Å². The number of carboxylic acids is 1. The summed E-state index contributed by atoms with van der Waals surface area (Å²) >= 11 is 0. The zero-order valence-corrected chi connectivity index (χ0v) is 23.7. The second kappa shape index (κ2) is 12.0. The minimum Gasteiger partial charge on any atom is -0.477 e.